The number of hydrogen-bond acceptors (Lipinski definition) is 1. The molecule has 0 heterocycles. The largest absolute Gasteiger partial charge is 0.491 e. The summed E-state index contributed by atoms with van der Waals surface area (Å²) in [7, 11) is 0. The van der Waals surface area contributed by atoms with Crippen LogP contribution in [0, 0.1) is 5.92 Å². The van der Waals surface area contributed by atoms with Gasteiger partial charge >= 0.3 is 0 Å². The second-order valence-electron chi connectivity index (χ2n) is 5.93. The quantitative estimate of drug-likeness (QED) is 0.593. The number of hydrogen-bond donors (Lipinski definition) is 0. The highest BCUT2D eigenvalue weighted by molar-refractivity contribution is 9.09. The van der Waals surface area contributed by atoms with Crippen molar-refractivity contribution in [2.75, 3.05) is 0 Å². The molecule has 0 bridgehead atoms. The van der Waals surface area contributed by atoms with Crippen LogP contribution >= 0.6 is 15.9 Å². The summed E-state index contributed by atoms with van der Waals surface area (Å²) in [6.07, 6.45) is 8.63. The topological polar surface area (TPSA) is 9.23 Å². The van der Waals surface area contributed by atoms with Gasteiger partial charge in [0.2, 0.25) is 0 Å². The smallest absolute Gasteiger partial charge is 0.119 e. The van der Waals surface area contributed by atoms with Crippen molar-refractivity contribution in [2.45, 2.75) is 63.3 Å². The summed E-state index contributed by atoms with van der Waals surface area (Å²) in [5, 5.41) is 0. The summed E-state index contributed by atoms with van der Waals surface area (Å²) in [6, 6.07) is 8.54. The fourth-order valence-electron chi connectivity index (χ4n) is 2.88. The summed E-state index contributed by atoms with van der Waals surface area (Å²) < 4.78 is 5.67. The van der Waals surface area contributed by atoms with Crippen molar-refractivity contribution in [2.24, 2.45) is 5.92 Å². The zero-order valence-electron chi connectivity index (χ0n) is 12.1. The summed E-state index contributed by atoms with van der Waals surface area (Å²) in [6.45, 7) is 4.12. The molecule has 1 unspecified atom stereocenters. The van der Waals surface area contributed by atoms with Gasteiger partial charge in [-0.15, -0.1) is 0 Å². The Morgan fingerprint density at radius 1 is 1.16 bits per heavy atom. The van der Waals surface area contributed by atoms with Gasteiger partial charge in [-0.1, -0.05) is 53.7 Å². The minimum atomic E-state index is 0.244. The number of alkyl halides is 1. The van der Waals surface area contributed by atoms with Crippen LogP contribution in [-0.2, 0) is 0 Å². The Bertz CT molecular complexity index is 365. The number of halogens is 1. The fourth-order valence-corrected chi connectivity index (χ4v) is 3.44. The van der Waals surface area contributed by atoms with Gasteiger partial charge in [0.25, 0.3) is 0 Å². The van der Waals surface area contributed by atoms with E-state index in [0.717, 1.165) is 11.7 Å². The molecule has 1 aliphatic rings. The average molecular weight is 325 g/mol. The third-order valence-electron chi connectivity index (χ3n) is 3.92. The third-order valence-corrected chi connectivity index (χ3v) is 4.90. The Morgan fingerprint density at radius 3 is 2.37 bits per heavy atom. The molecule has 0 amide bonds. The minimum absolute atomic E-state index is 0.244. The molecule has 0 aliphatic heterocycles. The van der Waals surface area contributed by atoms with Crippen molar-refractivity contribution >= 4 is 15.9 Å². The van der Waals surface area contributed by atoms with Crippen molar-refractivity contribution in [3.8, 4) is 5.75 Å². The number of ether oxygens (including phenoxy) is 1. The minimum Gasteiger partial charge on any atom is -0.491 e. The molecule has 1 aliphatic carbocycles. The highest BCUT2D eigenvalue weighted by Gasteiger charge is 2.17. The van der Waals surface area contributed by atoms with E-state index in [0.29, 0.717) is 4.83 Å². The molecule has 1 atom stereocenters. The van der Waals surface area contributed by atoms with Gasteiger partial charge in [0.1, 0.15) is 5.75 Å². The van der Waals surface area contributed by atoms with E-state index in [2.05, 4.69) is 54.0 Å². The van der Waals surface area contributed by atoms with E-state index in [9.17, 15) is 0 Å². The predicted molar refractivity (Wildman–Crippen MR) is 85.1 cm³/mol. The van der Waals surface area contributed by atoms with Crippen LogP contribution in [0.4, 0.5) is 0 Å². The maximum Gasteiger partial charge on any atom is 0.119 e. The first kappa shape index (κ1) is 14.9. The van der Waals surface area contributed by atoms with Gasteiger partial charge in [0, 0.05) is 4.83 Å². The molecular weight excluding hydrogens is 300 g/mol. The SMILES string of the molecule is CC(C)Oc1ccc(C(Br)CCC2CCCC2)cc1. The van der Waals surface area contributed by atoms with Gasteiger partial charge in [0.15, 0.2) is 0 Å². The van der Waals surface area contributed by atoms with E-state index >= 15 is 0 Å². The monoisotopic (exact) mass is 324 g/mol. The average Bonchev–Trinajstić information content (AvgIpc) is 2.89. The Morgan fingerprint density at radius 2 is 1.79 bits per heavy atom. The molecule has 1 saturated carbocycles. The lowest BCUT2D eigenvalue weighted by molar-refractivity contribution is 0.242. The molecule has 106 valence electrons. The maximum atomic E-state index is 5.67. The van der Waals surface area contributed by atoms with E-state index < -0.39 is 0 Å². The fraction of sp³-hybridized carbons (Fsp3) is 0.647. The molecule has 1 aromatic rings. The van der Waals surface area contributed by atoms with Crippen molar-refractivity contribution < 1.29 is 4.74 Å². The molecule has 1 aromatic carbocycles. The van der Waals surface area contributed by atoms with Crippen LogP contribution in [-0.4, -0.2) is 6.10 Å². The Balaban J connectivity index is 1.82. The maximum absolute atomic E-state index is 5.67. The lowest BCUT2D eigenvalue weighted by Gasteiger charge is -2.15. The van der Waals surface area contributed by atoms with Gasteiger partial charge in [-0.2, -0.15) is 0 Å². The Kier molecular flexibility index (Phi) is 5.75. The van der Waals surface area contributed by atoms with Crippen LogP contribution < -0.4 is 4.74 Å². The number of rotatable bonds is 6. The van der Waals surface area contributed by atoms with Gasteiger partial charge in [-0.05, 0) is 50.3 Å². The number of benzene rings is 1. The Hall–Kier alpha value is -0.500. The molecular formula is C17H25BrO. The van der Waals surface area contributed by atoms with Gasteiger partial charge in [-0.3, -0.25) is 0 Å². The van der Waals surface area contributed by atoms with Crippen LogP contribution in [0.25, 0.3) is 0 Å². The van der Waals surface area contributed by atoms with E-state index in [1.165, 1.54) is 44.1 Å². The molecule has 0 saturated heterocycles. The molecule has 2 heteroatoms. The van der Waals surface area contributed by atoms with Gasteiger partial charge in [0.05, 0.1) is 6.10 Å². The van der Waals surface area contributed by atoms with Crippen LogP contribution in [0.5, 0.6) is 5.75 Å². The van der Waals surface area contributed by atoms with E-state index in [-0.39, 0.29) is 6.10 Å². The molecule has 1 fully saturated rings. The van der Waals surface area contributed by atoms with E-state index in [1.54, 1.807) is 0 Å². The standard InChI is InChI=1S/C17H25BrO/c1-13(2)19-16-10-8-15(9-11-16)17(18)12-7-14-5-3-4-6-14/h8-11,13-14,17H,3-7,12H2,1-2H3. The van der Waals surface area contributed by atoms with Crippen LogP contribution in [0.15, 0.2) is 24.3 Å². The second-order valence-corrected chi connectivity index (χ2v) is 7.04. The molecule has 19 heavy (non-hydrogen) atoms. The van der Waals surface area contributed by atoms with Crippen LogP contribution in [0.2, 0.25) is 0 Å². The molecule has 0 spiro atoms. The van der Waals surface area contributed by atoms with E-state index in [4.69, 9.17) is 4.74 Å². The highest BCUT2D eigenvalue weighted by atomic mass is 79.9. The van der Waals surface area contributed by atoms with E-state index in [1.807, 2.05) is 0 Å². The zero-order chi connectivity index (χ0) is 13.7. The second kappa shape index (κ2) is 7.33. The van der Waals surface area contributed by atoms with Crippen LogP contribution in [0.1, 0.15) is 62.8 Å². The van der Waals surface area contributed by atoms with Gasteiger partial charge < -0.3 is 4.74 Å². The van der Waals surface area contributed by atoms with Crippen molar-refractivity contribution in [3.63, 3.8) is 0 Å². The van der Waals surface area contributed by atoms with Crippen molar-refractivity contribution in [1.29, 1.82) is 0 Å². The Labute approximate surface area is 125 Å². The summed E-state index contributed by atoms with van der Waals surface area (Å²) in [4.78, 5) is 0.487. The summed E-state index contributed by atoms with van der Waals surface area (Å²) in [5.74, 6) is 1.94. The molecule has 0 aromatic heterocycles. The third kappa shape index (κ3) is 4.83. The summed E-state index contributed by atoms with van der Waals surface area (Å²) >= 11 is 3.83. The van der Waals surface area contributed by atoms with Gasteiger partial charge in [-0.25, -0.2) is 0 Å². The first-order chi connectivity index (χ1) is 9.15. The predicted octanol–water partition coefficient (Wildman–Crippen LogP) is 5.88. The first-order valence-corrected chi connectivity index (χ1v) is 8.47. The van der Waals surface area contributed by atoms with Crippen LogP contribution in [0.3, 0.4) is 0 Å². The van der Waals surface area contributed by atoms with Crippen molar-refractivity contribution in [1.82, 2.24) is 0 Å². The lowest BCUT2D eigenvalue weighted by atomic mass is 9.98. The molecule has 0 N–H and O–H groups in total. The first-order valence-electron chi connectivity index (χ1n) is 7.56. The van der Waals surface area contributed by atoms with Crippen molar-refractivity contribution in [3.05, 3.63) is 29.8 Å². The lowest BCUT2D eigenvalue weighted by Crippen LogP contribution is -2.05. The normalized spacial score (nSPS) is 17.9. The molecule has 1 nitrogen and oxygen atoms in total. The summed E-state index contributed by atoms with van der Waals surface area (Å²) in [5.41, 5.74) is 1.37. The molecule has 2 rings (SSSR count). The zero-order valence-corrected chi connectivity index (χ0v) is 13.7. The molecule has 0 radical (unpaired) electrons. The highest BCUT2D eigenvalue weighted by Crippen LogP contribution is 2.35.